The minimum atomic E-state index is -0.502. The SMILES string of the molecule is COc1ccc(NC2=C(c3ccccc3)C(=O)N(c3ccc(OC)c(OC)c3)C2=O)cc1Cl. The largest absolute Gasteiger partial charge is 0.495 e. The molecule has 0 aliphatic carbocycles. The number of nitrogens with zero attached hydrogens (tertiary/aromatic N) is 1. The molecular formula is C25H21ClN2O5. The van der Waals surface area contributed by atoms with Gasteiger partial charge in [0.15, 0.2) is 11.5 Å². The van der Waals surface area contributed by atoms with Gasteiger partial charge >= 0.3 is 0 Å². The Kier molecular flexibility index (Phi) is 6.24. The molecule has 0 fully saturated rings. The van der Waals surface area contributed by atoms with E-state index in [9.17, 15) is 9.59 Å². The van der Waals surface area contributed by atoms with Crippen molar-refractivity contribution in [3.8, 4) is 17.2 Å². The molecule has 4 rings (SSSR count). The summed E-state index contributed by atoms with van der Waals surface area (Å²) in [6, 6.07) is 18.9. The molecule has 0 saturated carbocycles. The maximum atomic E-state index is 13.5. The average molecular weight is 465 g/mol. The molecule has 3 aromatic rings. The predicted molar refractivity (Wildman–Crippen MR) is 127 cm³/mol. The first-order chi connectivity index (χ1) is 16.0. The fraction of sp³-hybridized carbons (Fsp3) is 0.120. The van der Waals surface area contributed by atoms with Crippen molar-refractivity contribution in [2.45, 2.75) is 0 Å². The predicted octanol–water partition coefficient (Wildman–Crippen LogP) is 4.76. The molecule has 0 radical (unpaired) electrons. The number of hydrogen-bond acceptors (Lipinski definition) is 6. The Balaban J connectivity index is 1.79. The fourth-order valence-electron chi connectivity index (χ4n) is 3.61. The monoisotopic (exact) mass is 464 g/mol. The Bertz CT molecular complexity index is 1260. The van der Waals surface area contributed by atoms with Crippen molar-refractivity contribution in [2.24, 2.45) is 0 Å². The van der Waals surface area contributed by atoms with E-state index in [1.165, 1.54) is 21.3 Å². The van der Waals surface area contributed by atoms with Crippen molar-refractivity contribution in [3.63, 3.8) is 0 Å². The van der Waals surface area contributed by atoms with Gasteiger partial charge in [0.25, 0.3) is 11.8 Å². The van der Waals surface area contributed by atoms with Crippen LogP contribution >= 0.6 is 11.6 Å². The molecule has 33 heavy (non-hydrogen) atoms. The highest BCUT2D eigenvalue weighted by molar-refractivity contribution is 6.46. The smallest absolute Gasteiger partial charge is 0.282 e. The van der Waals surface area contributed by atoms with E-state index >= 15 is 0 Å². The third-order valence-electron chi connectivity index (χ3n) is 5.19. The van der Waals surface area contributed by atoms with E-state index in [1.807, 2.05) is 6.07 Å². The summed E-state index contributed by atoms with van der Waals surface area (Å²) in [6.07, 6.45) is 0. The van der Waals surface area contributed by atoms with Crippen molar-refractivity contribution in [1.29, 1.82) is 0 Å². The van der Waals surface area contributed by atoms with Crippen molar-refractivity contribution in [2.75, 3.05) is 31.5 Å². The van der Waals surface area contributed by atoms with Gasteiger partial charge in [-0.1, -0.05) is 41.9 Å². The number of hydrogen-bond donors (Lipinski definition) is 1. The molecule has 3 aromatic carbocycles. The third-order valence-corrected chi connectivity index (χ3v) is 5.49. The zero-order valence-electron chi connectivity index (χ0n) is 18.2. The number of imide groups is 1. The number of anilines is 2. The molecule has 8 heteroatoms. The average Bonchev–Trinajstić information content (AvgIpc) is 3.08. The van der Waals surface area contributed by atoms with Gasteiger partial charge < -0.3 is 19.5 Å². The third kappa shape index (κ3) is 4.10. The van der Waals surface area contributed by atoms with Gasteiger partial charge in [-0.2, -0.15) is 0 Å². The van der Waals surface area contributed by atoms with Gasteiger partial charge in [0, 0.05) is 11.8 Å². The molecule has 0 saturated heterocycles. The Morgan fingerprint density at radius 2 is 1.42 bits per heavy atom. The summed E-state index contributed by atoms with van der Waals surface area (Å²) in [5.41, 5.74) is 1.91. The summed E-state index contributed by atoms with van der Waals surface area (Å²) in [4.78, 5) is 28.2. The molecule has 0 aromatic heterocycles. The van der Waals surface area contributed by atoms with Gasteiger partial charge in [-0.25, -0.2) is 4.90 Å². The molecule has 2 amide bonds. The topological polar surface area (TPSA) is 77.1 Å². The summed E-state index contributed by atoms with van der Waals surface area (Å²) in [5, 5.41) is 3.46. The van der Waals surface area contributed by atoms with Crippen LogP contribution in [0.1, 0.15) is 5.56 Å². The maximum Gasteiger partial charge on any atom is 0.282 e. The lowest BCUT2D eigenvalue weighted by atomic mass is 10.0. The lowest BCUT2D eigenvalue weighted by molar-refractivity contribution is -0.120. The molecule has 0 atom stereocenters. The van der Waals surface area contributed by atoms with Gasteiger partial charge in [-0.3, -0.25) is 9.59 Å². The number of methoxy groups -OCH3 is 3. The van der Waals surface area contributed by atoms with Crippen LogP contribution < -0.4 is 24.4 Å². The van der Waals surface area contributed by atoms with E-state index in [0.717, 1.165) is 4.90 Å². The summed E-state index contributed by atoms with van der Waals surface area (Å²) in [6.45, 7) is 0. The standard InChI is InChI=1S/C25H21ClN2O5/c1-31-19-11-9-16(13-18(19)26)27-23-22(15-7-5-4-6-8-15)24(29)28(25(23)30)17-10-12-20(32-2)21(14-17)33-3/h4-14,27H,1-3H3. The first kappa shape index (κ1) is 22.2. The van der Waals surface area contributed by atoms with Crippen LogP contribution in [-0.2, 0) is 9.59 Å². The van der Waals surface area contributed by atoms with Crippen LogP contribution in [0.3, 0.4) is 0 Å². The van der Waals surface area contributed by atoms with E-state index < -0.39 is 11.8 Å². The Labute approximate surface area is 196 Å². The molecule has 0 spiro atoms. The minimum absolute atomic E-state index is 0.141. The van der Waals surface area contributed by atoms with Crippen LogP contribution in [0.15, 0.2) is 72.4 Å². The molecule has 1 N–H and O–H groups in total. The summed E-state index contributed by atoms with van der Waals surface area (Å²) in [5.74, 6) is 0.432. The van der Waals surface area contributed by atoms with E-state index in [0.29, 0.717) is 39.2 Å². The van der Waals surface area contributed by atoms with Gasteiger partial charge in [0.1, 0.15) is 11.4 Å². The number of nitrogens with one attached hydrogen (secondary N) is 1. The number of ether oxygens (including phenoxy) is 3. The van der Waals surface area contributed by atoms with Gasteiger partial charge in [0.2, 0.25) is 0 Å². The molecule has 0 bridgehead atoms. The molecule has 1 aliphatic rings. The summed E-state index contributed by atoms with van der Waals surface area (Å²) >= 11 is 6.25. The zero-order chi connectivity index (χ0) is 23.5. The molecule has 0 unspecified atom stereocenters. The second-order valence-corrected chi connectivity index (χ2v) is 7.48. The summed E-state index contributed by atoms with van der Waals surface area (Å²) < 4.78 is 15.8. The lowest BCUT2D eigenvalue weighted by Crippen LogP contribution is -2.32. The number of rotatable bonds is 7. The van der Waals surface area contributed by atoms with E-state index in [2.05, 4.69) is 5.32 Å². The zero-order valence-corrected chi connectivity index (χ0v) is 19.0. The van der Waals surface area contributed by atoms with Gasteiger partial charge in [-0.05, 0) is 35.9 Å². The molecule has 168 valence electrons. The van der Waals surface area contributed by atoms with Gasteiger partial charge in [-0.15, -0.1) is 0 Å². The normalized spacial score (nSPS) is 13.4. The van der Waals surface area contributed by atoms with Crippen molar-refractivity contribution in [3.05, 3.63) is 83.0 Å². The Morgan fingerprint density at radius 3 is 2.06 bits per heavy atom. The molecule has 7 nitrogen and oxygen atoms in total. The Morgan fingerprint density at radius 1 is 0.758 bits per heavy atom. The van der Waals surface area contributed by atoms with Crippen LogP contribution in [0.2, 0.25) is 5.02 Å². The number of carbonyl (C=O) groups is 2. The van der Waals surface area contributed by atoms with Crippen LogP contribution in [0.25, 0.3) is 5.57 Å². The lowest BCUT2D eigenvalue weighted by Gasteiger charge is -2.17. The van der Waals surface area contributed by atoms with E-state index in [-0.39, 0.29) is 11.3 Å². The number of benzene rings is 3. The van der Waals surface area contributed by atoms with Crippen molar-refractivity contribution in [1.82, 2.24) is 0 Å². The quantitative estimate of drug-likeness (QED) is 0.508. The highest BCUT2D eigenvalue weighted by Gasteiger charge is 2.40. The van der Waals surface area contributed by atoms with Crippen LogP contribution in [0.5, 0.6) is 17.2 Å². The molecule has 1 heterocycles. The second-order valence-electron chi connectivity index (χ2n) is 7.08. The van der Waals surface area contributed by atoms with Gasteiger partial charge in [0.05, 0.1) is 37.6 Å². The minimum Gasteiger partial charge on any atom is -0.495 e. The first-order valence-corrected chi connectivity index (χ1v) is 10.4. The van der Waals surface area contributed by atoms with Crippen LogP contribution in [0, 0.1) is 0 Å². The highest BCUT2D eigenvalue weighted by Crippen LogP contribution is 2.38. The maximum absolute atomic E-state index is 13.5. The van der Waals surface area contributed by atoms with E-state index in [4.69, 9.17) is 25.8 Å². The van der Waals surface area contributed by atoms with E-state index in [1.54, 1.807) is 60.7 Å². The fourth-order valence-corrected chi connectivity index (χ4v) is 3.86. The van der Waals surface area contributed by atoms with Crippen molar-refractivity contribution >= 4 is 40.4 Å². The van der Waals surface area contributed by atoms with Crippen LogP contribution in [-0.4, -0.2) is 33.1 Å². The molecular weight excluding hydrogens is 444 g/mol. The number of halogens is 1. The number of carbonyl (C=O) groups excluding carboxylic acids is 2. The highest BCUT2D eigenvalue weighted by atomic mass is 35.5. The van der Waals surface area contributed by atoms with Crippen molar-refractivity contribution < 1.29 is 23.8 Å². The van der Waals surface area contributed by atoms with Crippen LogP contribution in [0.4, 0.5) is 11.4 Å². The first-order valence-electron chi connectivity index (χ1n) is 9.99. The summed E-state index contributed by atoms with van der Waals surface area (Å²) in [7, 11) is 4.52. The number of amides is 2. The molecule has 1 aliphatic heterocycles. The second kappa shape index (κ2) is 9.26. The Hall–Kier alpha value is -3.97.